The Morgan fingerprint density at radius 1 is 1.15 bits per heavy atom. The molecule has 8 heteroatoms. The second-order valence-electron chi connectivity index (χ2n) is 4.70. The van der Waals surface area contributed by atoms with Crippen molar-refractivity contribution < 1.29 is 23.2 Å². The molecule has 0 radical (unpaired) electrons. The first-order valence-electron chi connectivity index (χ1n) is 5.71. The Kier molecular flexibility index (Phi) is 2.69. The predicted molar refractivity (Wildman–Crippen MR) is 66.7 cm³/mol. The number of hydrogen-bond acceptors (Lipinski definition) is 3. The average molecular weight is 345 g/mol. The van der Waals surface area contributed by atoms with Crippen LogP contribution >= 0.6 is 15.9 Å². The molecule has 0 bridgehead atoms. The van der Waals surface area contributed by atoms with Gasteiger partial charge in [-0.1, -0.05) is 15.9 Å². The molecule has 5 nitrogen and oxygen atoms in total. The van der Waals surface area contributed by atoms with Crippen LogP contribution in [0.15, 0.2) is 16.6 Å². The number of imide groups is 2. The van der Waals surface area contributed by atoms with Gasteiger partial charge < -0.3 is 0 Å². The summed E-state index contributed by atoms with van der Waals surface area (Å²) in [6.07, 6.45) is 0.530. The summed E-state index contributed by atoms with van der Waals surface area (Å²) in [7, 11) is 0. The Bertz CT molecular complexity index is 650. The number of anilines is 1. The Hall–Kier alpha value is -1.83. The molecule has 1 saturated heterocycles. The lowest BCUT2D eigenvalue weighted by atomic mass is 10.0. The Morgan fingerprint density at radius 2 is 1.70 bits per heavy atom. The summed E-state index contributed by atoms with van der Waals surface area (Å²) in [5.41, 5.74) is -2.12. The lowest BCUT2D eigenvalue weighted by Crippen LogP contribution is -2.59. The third kappa shape index (κ3) is 1.67. The lowest BCUT2D eigenvalue weighted by molar-refractivity contribution is -0.136. The van der Waals surface area contributed by atoms with E-state index in [0.29, 0.717) is 4.90 Å². The summed E-state index contributed by atoms with van der Waals surface area (Å²) in [5, 5.41) is 1.96. The van der Waals surface area contributed by atoms with E-state index in [2.05, 4.69) is 15.9 Å². The number of nitrogens with one attached hydrogen (secondary N) is 1. The maximum Gasteiger partial charge on any atom is 0.335 e. The first kappa shape index (κ1) is 13.2. The van der Waals surface area contributed by atoms with E-state index in [0.717, 1.165) is 12.1 Å². The van der Waals surface area contributed by atoms with Crippen molar-refractivity contribution in [2.45, 2.75) is 12.8 Å². The summed E-state index contributed by atoms with van der Waals surface area (Å²) in [5.74, 6) is -3.72. The maximum atomic E-state index is 13.9. The minimum absolute atomic E-state index is 0.137. The van der Waals surface area contributed by atoms with Gasteiger partial charge in [-0.25, -0.2) is 18.5 Å². The van der Waals surface area contributed by atoms with E-state index >= 15 is 0 Å². The molecule has 2 aliphatic rings. The third-order valence-corrected chi connectivity index (χ3v) is 3.88. The minimum Gasteiger partial charge on any atom is -0.276 e. The number of rotatable bonds is 1. The predicted octanol–water partition coefficient (Wildman–Crippen LogP) is 2.09. The fraction of sp³-hybridized carbons (Fsp3) is 0.250. The molecule has 1 aliphatic heterocycles. The molecule has 1 aromatic carbocycles. The van der Waals surface area contributed by atoms with Gasteiger partial charge in [-0.3, -0.25) is 14.9 Å². The van der Waals surface area contributed by atoms with Gasteiger partial charge in [0.15, 0.2) is 11.6 Å². The van der Waals surface area contributed by atoms with Crippen LogP contribution in [0.1, 0.15) is 12.8 Å². The second-order valence-corrected chi connectivity index (χ2v) is 5.62. The molecule has 104 valence electrons. The highest BCUT2D eigenvalue weighted by Crippen LogP contribution is 2.50. The highest BCUT2D eigenvalue weighted by molar-refractivity contribution is 9.10. The lowest BCUT2D eigenvalue weighted by Gasteiger charge is -2.30. The number of barbiturate groups is 1. The standard InChI is InChI=1S/C12H7BrF2N2O3/c13-5-3-6(14)8(7(15)4-5)17-10(19)12(1-2-12)9(18)16-11(17)20/h3-4H,1-2H2,(H,16,18,20). The Balaban J connectivity index is 2.12. The summed E-state index contributed by atoms with van der Waals surface area (Å²) < 4.78 is 27.9. The molecule has 0 aromatic heterocycles. The van der Waals surface area contributed by atoms with Gasteiger partial charge in [-0.15, -0.1) is 0 Å². The van der Waals surface area contributed by atoms with Crippen LogP contribution in [-0.4, -0.2) is 17.8 Å². The zero-order valence-electron chi connectivity index (χ0n) is 9.87. The average Bonchev–Trinajstić information content (AvgIpc) is 3.12. The van der Waals surface area contributed by atoms with Gasteiger partial charge in [0, 0.05) is 4.47 Å². The number of hydrogen-bond donors (Lipinski definition) is 1. The molecular formula is C12H7BrF2N2O3. The van der Waals surface area contributed by atoms with Crippen molar-refractivity contribution in [2.75, 3.05) is 4.90 Å². The van der Waals surface area contributed by atoms with Crippen LogP contribution in [0.25, 0.3) is 0 Å². The largest absolute Gasteiger partial charge is 0.335 e. The number of amides is 4. The molecule has 0 atom stereocenters. The number of halogens is 3. The molecule has 2 fully saturated rings. The molecule has 1 N–H and O–H groups in total. The second kappa shape index (κ2) is 4.08. The Labute approximate surface area is 120 Å². The quantitative estimate of drug-likeness (QED) is 0.793. The van der Waals surface area contributed by atoms with Gasteiger partial charge in [0.2, 0.25) is 5.91 Å². The van der Waals surface area contributed by atoms with E-state index in [9.17, 15) is 23.2 Å². The van der Waals surface area contributed by atoms with Crippen LogP contribution in [0.5, 0.6) is 0 Å². The van der Waals surface area contributed by atoms with Gasteiger partial charge in [0.1, 0.15) is 11.1 Å². The zero-order chi connectivity index (χ0) is 14.7. The highest BCUT2D eigenvalue weighted by Gasteiger charge is 2.63. The molecule has 1 aliphatic carbocycles. The molecule has 1 aromatic rings. The van der Waals surface area contributed by atoms with Gasteiger partial charge in [-0.2, -0.15) is 0 Å². The van der Waals surface area contributed by atoms with Crippen LogP contribution in [0.3, 0.4) is 0 Å². The first-order valence-corrected chi connectivity index (χ1v) is 6.50. The van der Waals surface area contributed by atoms with Crippen molar-refractivity contribution in [3.05, 3.63) is 28.2 Å². The highest BCUT2D eigenvalue weighted by atomic mass is 79.9. The normalized spacial score (nSPS) is 20.4. The Morgan fingerprint density at radius 3 is 2.20 bits per heavy atom. The summed E-state index contributed by atoms with van der Waals surface area (Å²) in [6, 6.07) is 0.738. The van der Waals surface area contributed by atoms with E-state index in [-0.39, 0.29) is 17.3 Å². The summed E-state index contributed by atoms with van der Waals surface area (Å²) in [4.78, 5) is 36.0. The van der Waals surface area contributed by atoms with Crippen molar-refractivity contribution in [3.8, 4) is 0 Å². The molecule has 4 amide bonds. The van der Waals surface area contributed by atoms with Gasteiger partial charge in [-0.05, 0) is 25.0 Å². The first-order chi connectivity index (χ1) is 9.36. The van der Waals surface area contributed by atoms with E-state index in [1.54, 1.807) is 0 Å². The van der Waals surface area contributed by atoms with Crippen molar-refractivity contribution in [1.29, 1.82) is 0 Å². The molecule has 1 heterocycles. The molecular weight excluding hydrogens is 338 g/mol. The topological polar surface area (TPSA) is 66.5 Å². The number of benzene rings is 1. The minimum atomic E-state index is -1.35. The smallest absolute Gasteiger partial charge is 0.276 e. The van der Waals surface area contributed by atoms with E-state index in [4.69, 9.17) is 0 Å². The number of carbonyl (C=O) groups is 3. The van der Waals surface area contributed by atoms with E-state index in [1.165, 1.54) is 0 Å². The van der Waals surface area contributed by atoms with Crippen LogP contribution in [0.2, 0.25) is 0 Å². The zero-order valence-corrected chi connectivity index (χ0v) is 11.5. The summed E-state index contributed by atoms with van der Waals surface area (Å²) >= 11 is 2.91. The van der Waals surface area contributed by atoms with Crippen LogP contribution in [0.4, 0.5) is 19.3 Å². The fourth-order valence-corrected chi connectivity index (χ4v) is 2.60. The van der Waals surface area contributed by atoms with E-state index in [1.807, 2.05) is 5.32 Å². The van der Waals surface area contributed by atoms with Crippen LogP contribution in [-0.2, 0) is 9.59 Å². The van der Waals surface area contributed by atoms with E-state index < -0.39 is 40.6 Å². The fourth-order valence-electron chi connectivity index (χ4n) is 2.19. The molecule has 0 unspecified atom stereocenters. The number of carbonyl (C=O) groups excluding carboxylic acids is 3. The molecule has 1 saturated carbocycles. The van der Waals surface area contributed by atoms with Gasteiger partial charge in [0.05, 0.1) is 0 Å². The third-order valence-electron chi connectivity index (χ3n) is 3.43. The number of nitrogens with zero attached hydrogens (tertiary/aromatic N) is 1. The van der Waals surface area contributed by atoms with Crippen molar-refractivity contribution in [2.24, 2.45) is 5.41 Å². The molecule has 3 rings (SSSR count). The molecule has 1 spiro atoms. The van der Waals surface area contributed by atoms with Crippen molar-refractivity contribution in [3.63, 3.8) is 0 Å². The monoisotopic (exact) mass is 344 g/mol. The van der Waals surface area contributed by atoms with Gasteiger partial charge >= 0.3 is 6.03 Å². The van der Waals surface area contributed by atoms with Crippen LogP contribution < -0.4 is 10.2 Å². The SMILES string of the molecule is O=C1NC(=O)C2(CC2)C(=O)N1c1c(F)cc(Br)cc1F. The number of urea groups is 1. The van der Waals surface area contributed by atoms with Crippen LogP contribution in [0, 0.1) is 17.0 Å². The van der Waals surface area contributed by atoms with Crippen molar-refractivity contribution in [1.82, 2.24) is 5.32 Å². The maximum absolute atomic E-state index is 13.9. The summed E-state index contributed by atoms with van der Waals surface area (Å²) in [6.45, 7) is 0. The molecule has 20 heavy (non-hydrogen) atoms. The van der Waals surface area contributed by atoms with Crippen molar-refractivity contribution >= 4 is 39.5 Å². The van der Waals surface area contributed by atoms with Gasteiger partial charge in [0.25, 0.3) is 5.91 Å².